The van der Waals surface area contributed by atoms with Crippen molar-refractivity contribution in [3.63, 3.8) is 0 Å². The molecular formula is C15H21FN2. The fourth-order valence-corrected chi connectivity index (χ4v) is 2.10. The highest BCUT2D eigenvalue weighted by Crippen LogP contribution is 2.20. The summed E-state index contributed by atoms with van der Waals surface area (Å²) in [4.78, 5) is 3.19. The van der Waals surface area contributed by atoms with Crippen LogP contribution in [-0.4, -0.2) is 17.1 Å². The van der Waals surface area contributed by atoms with Crippen molar-refractivity contribution in [3.8, 4) is 0 Å². The molecule has 0 spiro atoms. The third kappa shape index (κ3) is 3.33. The van der Waals surface area contributed by atoms with E-state index in [1.54, 1.807) is 12.1 Å². The Morgan fingerprint density at radius 3 is 2.78 bits per heavy atom. The minimum Gasteiger partial charge on any atom is -0.361 e. The fraction of sp³-hybridized carbons (Fsp3) is 0.467. The van der Waals surface area contributed by atoms with Crippen LogP contribution in [0.1, 0.15) is 32.8 Å². The molecule has 0 aliphatic rings. The fourth-order valence-electron chi connectivity index (χ4n) is 2.10. The number of H-pyrrole nitrogens is 1. The third-order valence-electron chi connectivity index (χ3n) is 3.01. The summed E-state index contributed by atoms with van der Waals surface area (Å²) in [6, 6.07) is 4.89. The molecule has 2 aromatic rings. The molecule has 2 nitrogen and oxygen atoms in total. The van der Waals surface area contributed by atoms with Crippen LogP contribution < -0.4 is 5.32 Å². The molecule has 1 aromatic heterocycles. The molecule has 0 fully saturated rings. The SMILES string of the molecule is CC(C)(C)NCCCc1c[nH]c2ccc(F)cc12. The largest absolute Gasteiger partial charge is 0.361 e. The van der Waals surface area contributed by atoms with Crippen LogP contribution in [0.4, 0.5) is 4.39 Å². The van der Waals surface area contributed by atoms with Crippen molar-refractivity contribution in [2.45, 2.75) is 39.2 Å². The maximum atomic E-state index is 13.2. The van der Waals surface area contributed by atoms with Crippen molar-refractivity contribution >= 4 is 10.9 Å². The Bertz CT molecular complexity index is 523. The van der Waals surface area contributed by atoms with Crippen LogP contribution >= 0.6 is 0 Å². The van der Waals surface area contributed by atoms with Gasteiger partial charge in [-0.05, 0) is 63.9 Å². The topological polar surface area (TPSA) is 27.8 Å². The first-order valence-corrected chi connectivity index (χ1v) is 6.46. The quantitative estimate of drug-likeness (QED) is 0.794. The maximum absolute atomic E-state index is 13.2. The Kier molecular flexibility index (Phi) is 3.71. The zero-order valence-corrected chi connectivity index (χ0v) is 11.3. The summed E-state index contributed by atoms with van der Waals surface area (Å²) in [6.07, 6.45) is 4.01. The van der Waals surface area contributed by atoms with Crippen LogP contribution in [0.15, 0.2) is 24.4 Å². The minimum absolute atomic E-state index is 0.159. The number of aromatic nitrogens is 1. The van der Waals surface area contributed by atoms with Gasteiger partial charge < -0.3 is 10.3 Å². The molecule has 0 unspecified atom stereocenters. The van der Waals surface area contributed by atoms with Gasteiger partial charge in [-0.3, -0.25) is 0 Å². The van der Waals surface area contributed by atoms with E-state index >= 15 is 0 Å². The second-order valence-corrected chi connectivity index (χ2v) is 5.78. The third-order valence-corrected chi connectivity index (χ3v) is 3.01. The number of fused-ring (bicyclic) bond motifs is 1. The molecule has 0 bridgehead atoms. The van der Waals surface area contributed by atoms with E-state index < -0.39 is 0 Å². The highest BCUT2D eigenvalue weighted by atomic mass is 19.1. The predicted octanol–water partition coefficient (Wildman–Crippen LogP) is 3.63. The van der Waals surface area contributed by atoms with Gasteiger partial charge >= 0.3 is 0 Å². The summed E-state index contributed by atoms with van der Waals surface area (Å²) in [5.41, 5.74) is 2.36. The number of aryl methyl sites for hydroxylation is 1. The van der Waals surface area contributed by atoms with Gasteiger partial charge in [0.05, 0.1) is 0 Å². The van der Waals surface area contributed by atoms with Gasteiger partial charge in [-0.25, -0.2) is 4.39 Å². The van der Waals surface area contributed by atoms with Crippen molar-refractivity contribution in [2.24, 2.45) is 0 Å². The first-order valence-electron chi connectivity index (χ1n) is 6.46. The number of halogens is 1. The number of rotatable bonds is 4. The first-order chi connectivity index (χ1) is 8.46. The van der Waals surface area contributed by atoms with E-state index in [0.717, 1.165) is 30.3 Å². The molecule has 18 heavy (non-hydrogen) atoms. The molecule has 3 heteroatoms. The number of hydrogen-bond donors (Lipinski definition) is 2. The lowest BCUT2D eigenvalue weighted by atomic mass is 10.1. The van der Waals surface area contributed by atoms with Crippen LogP contribution in [0.25, 0.3) is 10.9 Å². The van der Waals surface area contributed by atoms with Crippen LogP contribution in [0, 0.1) is 5.82 Å². The van der Waals surface area contributed by atoms with Gasteiger partial charge in [-0.1, -0.05) is 0 Å². The average Bonchev–Trinajstić information content (AvgIpc) is 2.66. The van der Waals surface area contributed by atoms with Crippen LogP contribution in [0.2, 0.25) is 0 Å². The molecule has 0 aliphatic carbocycles. The van der Waals surface area contributed by atoms with Crippen LogP contribution in [-0.2, 0) is 6.42 Å². The van der Waals surface area contributed by atoms with Crippen molar-refractivity contribution in [1.29, 1.82) is 0 Å². The van der Waals surface area contributed by atoms with Crippen molar-refractivity contribution in [2.75, 3.05) is 6.54 Å². The monoisotopic (exact) mass is 248 g/mol. The molecule has 1 aromatic carbocycles. The summed E-state index contributed by atoms with van der Waals surface area (Å²) in [7, 11) is 0. The van der Waals surface area contributed by atoms with E-state index in [2.05, 4.69) is 31.1 Å². The van der Waals surface area contributed by atoms with Crippen molar-refractivity contribution in [1.82, 2.24) is 10.3 Å². The van der Waals surface area contributed by atoms with Gasteiger partial charge in [-0.15, -0.1) is 0 Å². The van der Waals surface area contributed by atoms with Gasteiger partial charge in [0.15, 0.2) is 0 Å². The molecule has 0 amide bonds. The van der Waals surface area contributed by atoms with Crippen LogP contribution in [0.3, 0.4) is 0 Å². The van der Waals surface area contributed by atoms with Gasteiger partial charge in [0.1, 0.15) is 5.82 Å². The molecule has 0 radical (unpaired) electrons. The normalized spacial score (nSPS) is 12.2. The summed E-state index contributed by atoms with van der Waals surface area (Å²) >= 11 is 0. The number of hydrogen-bond acceptors (Lipinski definition) is 1. The lowest BCUT2D eigenvalue weighted by molar-refractivity contribution is 0.422. The summed E-state index contributed by atoms with van der Waals surface area (Å²) < 4.78 is 13.2. The number of benzene rings is 1. The first kappa shape index (κ1) is 13.1. The Hall–Kier alpha value is -1.35. The zero-order valence-electron chi connectivity index (χ0n) is 11.3. The molecule has 2 N–H and O–H groups in total. The Morgan fingerprint density at radius 2 is 2.06 bits per heavy atom. The Labute approximate surface area is 108 Å². The summed E-state index contributed by atoms with van der Waals surface area (Å²) in [5, 5.41) is 4.46. The van der Waals surface area contributed by atoms with E-state index in [0.29, 0.717) is 0 Å². The van der Waals surface area contributed by atoms with Crippen molar-refractivity contribution in [3.05, 3.63) is 35.8 Å². The second-order valence-electron chi connectivity index (χ2n) is 5.78. The van der Waals surface area contributed by atoms with Gasteiger partial charge in [0.25, 0.3) is 0 Å². The van der Waals surface area contributed by atoms with E-state index in [9.17, 15) is 4.39 Å². The Balaban J connectivity index is 1.98. The van der Waals surface area contributed by atoms with E-state index in [1.807, 2.05) is 6.20 Å². The average molecular weight is 248 g/mol. The highest BCUT2D eigenvalue weighted by Gasteiger charge is 2.08. The van der Waals surface area contributed by atoms with E-state index in [4.69, 9.17) is 0 Å². The molecule has 0 saturated carbocycles. The molecule has 98 valence electrons. The van der Waals surface area contributed by atoms with Gasteiger partial charge in [0, 0.05) is 22.6 Å². The second kappa shape index (κ2) is 5.11. The summed E-state index contributed by atoms with van der Waals surface area (Å²) in [6.45, 7) is 7.46. The van der Waals surface area contributed by atoms with E-state index in [-0.39, 0.29) is 11.4 Å². The number of aromatic amines is 1. The standard InChI is InChI=1S/C15H21FN2/c1-15(2,3)18-8-4-5-11-10-17-14-7-6-12(16)9-13(11)14/h6-7,9-10,17-18H,4-5,8H2,1-3H3. The predicted molar refractivity (Wildman–Crippen MR) is 74.3 cm³/mol. The number of nitrogens with one attached hydrogen (secondary N) is 2. The lowest BCUT2D eigenvalue weighted by Gasteiger charge is -2.20. The maximum Gasteiger partial charge on any atom is 0.123 e. The molecule has 0 aliphatic heterocycles. The van der Waals surface area contributed by atoms with E-state index in [1.165, 1.54) is 11.6 Å². The lowest BCUT2D eigenvalue weighted by Crippen LogP contribution is -2.36. The molecule has 0 saturated heterocycles. The zero-order chi connectivity index (χ0) is 13.2. The molecule has 0 atom stereocenters. The van der Waals surface area contributed by atoms with Gasteiger partial charge in [-0.2, -0.15) is 0 Å². The minimum atomic E-state index is -0.170. The summed E-state index contributed by atoms with van der Waals surface area (Å²) in [5.74, 6) is -0.170. The molecule has 2 rings (SSSR count). The highest BCUT2D eigenvalue weighted by molar-refractivity contribution is 5.83. The molecule has 1 heterocycles. The van der Waals surface area contributed by atoms with Crippen molar-refractivity contribution < 1.29 is 4.39 Å². The van der Waals surface area contributed by atoms with Gasteiger partial charge in [0.2, 0.25) is 0 Å². The smallest absolute Gasteiger partial charge is 0.123 e. The molecular weight excluding hydrogens is 227 g/mol. The van der Waals surface area contributed by atoms with Crippen LogP contribution in [0.5, 0.6) is 0 Å². The Morgan fingerprint density at radius 1 is 1.28 bits per heavy atom.